The third-order valence-corrected chi connectivity index (χ3v) is 4.08. The van der Waals surface area contributed by atoms with E-state index in [0.29, 0.717) is 11.5 Å². The SMILES string of the molecule is COc1cccc(C=CC(=O)OCc2cccc3ccccc23)c1OC. The predicted molar refractivity (Wildman–Crippen MR) is 102 cm³/mol. The summed E-state index contributed by atoms with van der Waals surface area (Å²) in [5, 5.41) is 2.21. The van der Waals surface area contributed by atoms with Crippen molar-refractivity contribution >= 4 is 22.8 Å². The molecule has 0 aliphatic rings. The number of hydrogen-bond acceptors (Lipinski definition) is 4. The number of esters is 1. The Labute approximate surface area is 152 Å². The van der Waals surface area contributed by atoms with Crippen LogP contribution in [-0.4, -0.2) is 20.2 Å². The molecule has 0 saturated heterocycles. The molecule has 3 aromatic carbocycles. The Balaban J connectivity index is 1.70. The van der Waals surface area contributed by atoms with Crippen LogP contribution in [0.25, 0.3) is 16.8 Å². The van der Waals surface area contributed by atoms with Gasteiger partial charge in [0.1, 0.15) is 6.61 Å². The molecular weight excluding hydrogens is 328 g/mol. The van der Waals surface area contributed by atoms with Gasteiger partial charge in [0.15, 0.2) is 11.5 Å². The number of ether oxygens (including phenoxy) is 3. The van der Waals surface area contributed by atoms with Gasteiger partial charge in [-0.15, -0.1) is 0 Å². The highest BCUT2D eigenvalue weighted by molar-refractivity contribution is 5.89. The van der Waals surface area contributed by atoms with E-state index in [1.807, 2.05) is 54.6 Å². The van der Waals surface area contributed by atoms with Crippen LogP contribution in [0, 0.1) is 0 Å². The molecule has 0 spiro atoms. The van der Waals surface area contributed by atoms with Crippen LogP contribution >= 0.6 is 0 Å². The zero-order chi connectivity index (χ0) is 18.4. The third-order valence-electron chi connectivity index (χ3n) is 4.08. The second-order valence-corrected chi connectivity index (χ2v) is 5.66. The van der Waals surface area contributed by atoms with Crippen molar-refractivity contribution in [2.24, 2.45) is 0 Å². The number of fused-ring (bicyclic) bond motifs is 1. The van der Waals surface area contributed by atoms with Gasteiger partial charge in [0, 0.05) is 11.6 Å². The fraction of sp³-hybridized carbons (Fsp3) is 0.136. The molecule has 3 aromatic rings. The van der Waals surface area contributed by atoms with E-state index in [2.05, 4.69) is 0 Å². The lowest BCUT2D eigenvalue weighted by atomic mass is 10.1. The lowest BCUT2D eigenvalue weighted by Gasteiger charge is -2.10. The van der Waals surface area contributed by atoms with Crippen LogP contribution in [0.5, 0.6) is 11.5 Å². The minimum atomic E-state index is -0.414. The summed E-state index contributed by atoms with van der Waals surface area (Å²) >= 11 is 0. The molecule has 0 aliphatic carbocycles. The molecule has 0 unspecified atom stereocenters. The average molecular weight is 348 g/mol. The Morgan fingerprint density at radius 1 is 0.923 bits per heavy atom. The van der Waals surface area contributed by atoms with E-state index in [1.165, 1.54) is 6.08 Å². The van der Waals surface area contributed by atoms with E-state index in [9.17, 15) is 4.79 Å². The normalized spacial score (nSPS) is 10.8. The highest BCUT2D eigenvalue weighted by Gasteiger charge is 2.08. The smallest absolute Gasteiger partial charge is 0.331 e. The molecule has 0 N–H and O–H groups in total. The maximum atomic E-state index is 12.1. The summed E-state index contributed by atoms with van der Waals surface area (Å²) in [6.07, 6.45) is 3.05. The first-order chi connectivity index (χ1) is 12.7. The fourth-order valence-electron chi connectivity index (χ4n) is 2.82. The van der Waals surface area contributed by atoms with Gasteiger partial charge in [0.25, 0.3) is 0 Å². The second-order valence-electron chi connectivity index (χ2n) is 5.66. The summed E-state index contributed by atoms with van der Waals surface area (Å²) in [6, 6.07) is 19.5. The molecule has 0 fully saturated rings. The number of hydrogen-bond donors (Lipinski definition) is 0. The topological polar surface area (TPSA) is 44.8 Å². The standard InChI is InChI=1S/C22H20O4/c1-24-20-12-6-9-17(22(20)25-2)13-14-21(23)26-15-18-10-5-8-16-7-3-4-11-19(16)18/h3-14H,15H2,1-2H3. The van der Waals surface area contributed by atoms with Gasteiger partial charge in [0.2, 0.25) is 0 Å². The van der Waals surface area contributed by atoms with Gasteiger partial charge in [-0.25, -0.2) is 4.79 Å². The average Bonchev–Trinajstić information content (AvgIpc) is 2.70. The Hall–Kier alpha value is -3.27. The first-order valence-corrected chi connectivity index (χ1v) is 8.25. The highest BCUT2D eigenvalue weighted by Crippen LogP contribution is 2.31. The van der Waals surface area contributed by atoms with Crippen molar-refractivity contribution in [1.82, 2.24) is 0 Å². The Bertz CT molecular complexity index is 939. The number of carbonyl (C=O) groups is 1. The Morgan fingerprint density at radius 2 is 1.69 bits per heavy atom. The van der Waals surface area contributed by atoms with Gasteiger partial charge in [-0.2, -0.15) is 0 Å². The summed E-state index contributed by atoms with van der Waals surface area (Å²) in [6.45, 7) is 0.222. The summed E-state index contributed by atoms with van der Waals surface area (Å²) in [5.41, 5.74) is 1.72. The lowest BCUT2D eigenvalue weighted by molar-refractivity contribution is -0.138. The van der Waals surface area contributed by atoms with Crippen LogP contribution in [0.15, 0.2) is 66.7 Å². The molecule has 3 rings (SSSR count). The van der Waals surface area contributed by atoms with Gasteiger partial charge in [-0.1, -0.05) is 54.6 Å². The molecular formula is C22H20O4. The van der Waals surface area contributed by atoms with Crippen LogP contribution in [0.1, 0.15) is 11.1 Å². The predicted octanol–water partition coefficient (Wildman–Crippen LogP) is 4.61. The zero-order valence-corrected chi connectivity index (χ0v) is 14.8. The number of carbonyl (C=O) groups excluding carboxylic acids is 1. The monoisotopic (exact) mass is 348 g/mol. The summed E-state index contributed by atoms with van der Waals surface area (Å²) < 4.78 is 16.0. The summed E-state index contributed by atoms with van der Waals surface area (Å²) in [4.78, 5) is 12.1. The maximum absolute atomic E-state index is 12.1. The van der Waals surface area contributed by atoms with Gasteiger partial charge in [-0.05, 0) is 28.5 Å². The number of para-hydroxylation sites is 1. The quantitative estimate of drug-likeness (QED) is 0.482. The molecule has 0 heterocycles. The van der Waals surface area contributed by atoms with E-state index in [4.69, 9.17) is 14.2 Å². The van der Waals surface area contributed by atoms with Crippen LogP contribution in [-0.2, 0) is 16.1 Å². The van der Waals surface area contributed by atoms with Crippen molar-refractivity contribution in [2.45, 2.75) is 6.61 Å². The Morgan fingerprint density at radius 3 is 2.50 bits per heavy atom. The highest BCUT2D eigenvalue weighted by atomic mass is 16.5. The zero-order valence-electron chi connectivity index (χ0n) is 14.8. The molecule has 0 aliphatic heterocycles. The van der Waals surface area contributed by atoms with Crippen molar-refractivity contribution < 1.29 is 19.0 Å². The van der Waals surface area contributed by atoms with E-state index in [0.717, 1.165) is 21.9 Å². The van der Waals surface area contributed by atoms with E-state index >= 15 is 0 Å². The molecule has 0 atom stereocenters. The maximum Gasteiger partial charge on any atom is 0.331 e. The van der Waals surface area contributed by atoms with Gasteiger partial charge >= 0.3 is 5.97 Å². The molecule has 4 heteroatoms. The molecule has 0 amide bonds. The first-order valence-electron chi connectivity index (χ1n) is 8.25. The van der Waals surface area contributed by atoms with E-state index < -0.39 is 5.97 Å². The van der Waals surface area contributed by atoms with Crippen molar-refractivity contribution in [3.63, 3.8) is 0 Å². The van der Waals surface area contributed by atoms with E-state index in [-0.39, 0.29) is 6.61 Å². The number of methoxy groups -OCH3 is 2. The Kier molecular flexibility index (Phi) is 5.54. The van der Waals surface area contributed by atoms with Gasteiger partial charge < -0.3 is 14.2 Å². The van der Waals surface area contributed by atoms with Crippen molar-refractivity contribution in [1.29, 1.82) is 0 Å². The van der Waals surface area contributed by atoms with Gasteiger partial charge in [-0.3, -0.25) is 0 Å². The third kappa shape index (κ3) is 3.86. The second kappa shape index (κ2) is 8.21. The minimum absolute atomic E-state index is 0.222. The van der Waals surface area contributed by atoms with Crippen molar-refractivity contribution in [2.75, 3.05) is 14.2 Å². The van der Waals surface area contributed by atoms with Crippen molar-refractivity contribution in [3.05, 3.63) is 77.9 Å². The molecule has 4 nitrogen and oxygen atoms in total. The largest absolute Gasteiger partial charge is 0.493 e. The first kappa shape index (κ1) is 17.5. The molecule has 0 saturated carbocycles. The van der Waals surface area contributed by atoms with Crippen LogP contribution in [0.2, 0.25) is 0 Å². The van der Waals surface area contributed by atoms with E-state index in [1.54, 1.807) is 26.4 Å². The number of rotatable bonds is 6. The minimum Gasteiger partial charge on any atom is -0.493 e. The molecule has 132 valence electrons. The van der Waals surface area contributed by atoms with Crippen LogP contribution < -0.4 is 9.47 Å². The van der Waals surface area contributed by atoms with Crippen LogP contribution in [0.4, 0.5) is 0 Å². The summed E-state index contributed by atoms with van der Waals surface area (Å²) in [5.74, 6) is 0.773. The molecule has 0 aromatic heterocycles. The van der Waals surface area contributed by atoms with Gasteiger partial charge in [0.05, 0.1) is 14.2 Å². The van der Waals surface area contributed by atoms with Crippen molar-refractivity contribution in [3.8, 4) is 11.5 Å². The molecule has 26 heavy (non-hydrogen) atoms. The molecule has 0 bridgehead atoms. The van der Waals surface area contributed by atoms with Crippen LogP contribution in [0.3, 0.4) is 0 Å². The fourth-order valence-corrected chi connectivity index (χ4v) is 2.82. The molecule has 0 radical (unpaired) electrons. The number of benzene rings is 3. The lowest BCUT2D eigenvalue weighted by Crippen LogP contribution is -2.01. The summed E-state index contributed by atoms with van der Waals surface area (Å²) in [7, 11) is 3.14.